The molecular formula is C14H21NO2. The van der Waals surface area contributed by atoms with E-state index in [-0.39, 0.29) is 0 Å². The van der Waals surface area contributed by atoms with Gasteiger partial charge in [-0.3, -0.25) is 0 Å². The van der Waals surface area contributed by atoms with Crippen LogP contribution >= 0.6 is 0 Å². The summed E-state index contributed by atoms with van der Waals surface area (Å²) in [4.78, 5) is 2.36. The maximum absolute atomic E-state index is 5.77. The second-order valence-electron chi connectivity index (χ2n) is 4.30. The average molecular weight is 235 g/mol. The van der Waals surface area contributed by atoms with E-state index in [0.29, 0.717) is 0 Å². The lowest BCUT2D eigenvalue weighted by Gasteiger charge is -2.18. The topological polar surface area (TPSA) is 21.7 Å². The van der Waals surface area contributed by atoms with Crippen molar-refractivity contribution < 1.29 is 9.47 Å². The summed E-state index contributed by atoms with van der Waals surface area (Å²) in [6.07, 6.45) is 0. The summed E-state index contributed by atoms with van der Waals surface area (Å²) in [5.74, 6) is 0.960. The summed E-state index contributed by atoms with van der Waals surface area (Å²) in [5.41, 5.74) is 2.56. The van der Waals surface area contributed by atoms with Crippen molar-refractivity contribution in [3.05, 3.63) is 29.3 Å². The van der Waals surface area contributed by atoms with Crippen molar-refractivity contribution in [2.75, 3.05) is 26.2 Å². The fourth-order valence-electron chi connectivity index (χ4n) is 2.07. The zero-order chi connectivity index (χ0) is 12.1. The van der Waals surface area contributed by atoms with E-state index in [1.54, 1.807) is 0 Å². The van der Waals surface area contributed by atoms with Crippen molar-refractivity contribution in [2.45, 2.75) is 27.1 Å². The molecule has 2 rings (SSSR count). The second kappa shape index (κ2) is 6.03. The van der Waals surface area contributed by atoms with Crippen LogP contribution in [0.4, 0.5) is 0 Å². The van der Waals surface area contributed by atoms with Crippen LogP contribution in [-0.4, -0.2) is 31.1 Å². The van der Waals surface area contributed by atoms with Gasteiger partial charge < -0.3 is 14.4 Å². The molecular weight excluding hydrogens is 214 g/mol. The Morgan fingerprint density at radius 2 is 1.94 bits per heavy atom. The summed E-state index contributed by atoms with van der Waals surface area (Å²) in [5, 5.41) is 0. The molecule has 0 bridgehead atoms. The van der Waals surface area contributed by atoms with E-state index in [1.807, 2.05) is 6.07 Å². The highest BCUT2D eigenvalue weighted by atomic mass is 16.5. The molecule has 0 unspecified atom stereocenters. The van der Waals surface area contributed by atoms with Gasteiger partial charge in [0.15, 0.2) is 0 Å². The quantitative estimate of drug-likeness (QED) is 0.756. The molecule has 94 valence electrons. The minimum Gasteiger partial charge on any atom is -0.492 e. The summed E-state index contributed by atoms with van der Waals surface area (Å²) in [6.45, 7) is 9.72. The molecule has 1 aliphatic rings. The molecule has 0 aliphatic carbocycles. The maximum Gasteiger partial charge on any atom is 0.119 e. The molecule has 0 spiro atoms. The van der Waals surface area contributed by atoms with Crippen LogP contribution in [0.2, 0.25) is 0 Å². The summed E-state index contributed by atoms with van der Waals surface area (Å²) in [7, 11) is 0. The van der Waals surface area contributed by atoms with Crippen molar-refractivity contribution in [3.8, 4) is 5.75 Å². The van der Waals surface area contributed by atoms with Gasteiger partial charge in [0.1, 0.15) is 12.4 Å². The number of fused-ring (bicyclic) bond motifs is 1. The van der Waals surface area contributed by atoms with Crippen molar-refractivity contribution in [2.24, 2.45) is 0 Å². The zero-order valence-electron chi connectivity index (χ0n) is 10.7. The van der Waals surface area contributed by atoms with Crippen LogP contribution in [0, 0.1) is 0 Å². The molecule has 0 amide bonds. The van der Waals surface area contributed by atoms with E-state index in [2.05, 4.69) is 30.9 Å². The average Bonchev–Trinajstić information content (AvgIpc) is 2.82. The lowest BCUT2D eigenvalue weighted by Crippen LogP contribution is -2.27. The van der Waals surface area contributed by atoms with Crippen LogP contribution in [0.1, 0.15) is 25.0 Å². The fraction of sp³-hybridized carbons (Fsp3) is 0.571. The van der Waals surface area contributed by atoms with Crippen LogP contribution in [0.25, 0.3) is 0 Å². The fourth-order valence-corrected chi connectivity index (χ4v) is 2.07. The van der Waals surface area contributed by atoms with E-state index in [1.165, 1.54) is 11.1 Å². The van der Waals surface area contributed by atoms with E-state index < -0.39 is 0 Å². The standard InChI is InChI=1S/C14H21NO2/c1-3-15(4-2)7-8-17-14-6-5-12-10-16-11-13(12)9-14/h5-6,9H,3-4,7-8,10-11H2,1-2H3. The first-order chi connectivity index (χ1) is 8.33. The summed E-state index contributed by atoms with van der Waals surface area (Å²) >= 11 is 0. The normalized spacial score (nSPS) is 14.1. The van der Waals surface area contributed by atoms with Crippen LogP contribution in [0.3, 0.4) is 0 Å². The molecule has 0 N–H and O–H groups in total. The van der Waals surface area contributed by atoms with Crippen LogP contribution < -0.4 is 4.74 Å². The van der Waals surface area contributed by atoms with Gasteiger partial charge in [-0.25, -0.2) is 0 Å². The Labute approximate surface area is 103 Å². The van der Waals surface area contributed by atoms with E-state index >= 15 is 0 Å². The van der Waals surface area contributed by atoms with Gasteiger partial charge in [0.25, 0.3) is 0 Å². The number of benzene rings is 1. The monoisotopic (exact) mass is 235 g/mol. The van der Waals surface area contributed by atoms with Gasteiger partial charge in [-0.15, -0.1) is 0 Å². The predicted molar refractivity (Wildman–Crippen MR) is 68.2 cm³/mol. The minimum atomic E-state index is 0.725. The molecule has 0 aromatic heterocycles. The van der Waals surface area contributed by atoms with E-state index in [9.17, 15) is 0 Å². The Kier molecular flexibility index (Phi) is 4.40. The van der Waals surface area contributed by atoms with Crippen molar-refractivity contribution in [3.63, 3.8) is 0 Å². The Morgan fingerprint density at radius 3 is 2.71 bits per heavy atom. The summed E-state index contributed by atoms with van der Waals surface area (Å²) < 4.78 is 11.2. The highest BCUT2D eigenvalue weighted by Gasteiger charge is 2.11. The highest BCUT2D eigenvalue weighted by Crippen LogP contribution is 2.24. The number of likely N-dealkylation sites (N-methyl/N-ethyl adjacent to an activating group) is 1. The Balaban J connectivity index is 1.83. The predicted octanol–water partition coefficient (Wildman–Crippen LogP) is 2.44. The molecule has 17 heavy (non-hydrogen) atoms. The first-order valence-electron chi connectivity index (χ1n) is 6.38. The first kappa shape index (κ1) is 12.4. The Hall–Kier alpha value is -1.06. The highest BCUT2D eigenvalue weighted by molar-refractivity contribution is 5.36. The molecule has 1 heterocycles. The molecule has 3 nitrogen and oxygen atoms in total. The molecule has 1 aromatic carbocycles. The van der Waals surface area contributed by atoms with Gasteiger partial charge in [-0.1, -0.05) is 19.9 Å². The second-order valence-corrected chi connectivity index (χ2v) is 4.30. The third-order valence-corrected chi connectivity index (χ3v) is 3.26. The largest absolute Gasteiger partial charge is 0.492 e. The van der Waals surface area contributed by atoms with E-state index in [4.69, 9.17) is 9.47 Å². The molecule has 0 saturated heterocycles. The lowest BCUT2D eigenvalue weighted by atomic mass is 10.1. The number of rotatable bonds is 6. The smallest absolute Gasteiger partial charge is 0.119 e. The van der Waals surface area contributed by atoms with Gasteiger partial charge in [0.2, 0.25) is 0 Å². The molecule has 0 saturated carbocycles. The third-order valence-electron chi connectivity index (χ3n) is 3.26. The number of ether oxygens (including phenoxy) is 2. The molecule has 0 radical (unpaired) electrons. The molecule has 0 fully saturated rings. The SMILES string of the molecule is CCN(CC)CCOc1ccc2c(c1)COC2. The molecule has 0 atom stereocenters. The molecule has 1 aliphatic heterocycles. The zero-order valence-corrected chi connectivity index (χ0v) is 10.7. The van der Waals surface area contributed by atoms with Crippen molar-refractivity contribution in [1.82, 2.24) is 4.90 Å². The molecule has 3 heteroatoms. The van der Waals surface area contributed by atoms with Gasteiger partial charge >= 0.3 is 0 Å². The third kappa shape index (κ3) is 3.20. The lowest BCUT2D eigenvalue weighted by molar-refractivity contribution is 0.134. The van der Waals surface area contributed by atoms with Crippen molar-refractivity contribution >= 4 is 0 Å². The summed E-state index contributed by atoms with van der Waals surface area (Å²) in [6, 6.07) is 6.25. The van der Waals surface area contributed by atoms with Crippen LogP contribution in [-0.2, 0) is 18.0 Å². The first-order valence-corrected chi connectivity index (χ1v) is 6.38. The van der Waals surface area contributed by atoms with Gasteiger partial charge in [-0.2, -0.15) is 0 Å². The van der Waals surface area contributed by atoms with Gasteiger partial charge in [0.05, 0.1) is 13.2 Å². The van der Waals surface area contributed by atoms with Gasteiger partial charge in [-0.05, 0) is 36.3 Å². The van der Waals surface area contributed by atoms with Crippen LogP contribution in [0.5, 0.6) is 5.75 Å². The number of nitrogens with zero attached hydrogens (tertiary/aromatic N) is 1. The molecule has 1 aromatic rings. The number of hydrogen-bond acceptors (Lipinski definition) is 3. The number of hydrogen-bond donors (Lipinski definition) is 0. The Morgan fingerprint density at radius 1 is 1.18 bits per heavy atom. The van der Waals surface area contributed by atoms with Crippen molar-refractivity contribution in [1.29, 1.82) is 0 Å². The minimum absolute atomic E-state index is 0.725. The Bertz CT molecular complexity index is 361. The maximum atomic E-state index is 5.77. The van der Waals surface area contributed by atoms with Gasteiger partial charge in [0, 0.05) is 6.54 Å². The van der Waals surface area contributed by atoms with Crippen LogP contribution in [0.15, 0.2) is 18.2 Å². The van der Waals surface area contributed by atoms with E-state index in [0.717, 1.165) is 45.2 Å².